The number of fused-ring (bicyclic) bond motifs is 1. The number of nitrogens with one attached hydrogen (secondary N) is 2. The Labute approximate surface area is 300 Å². The van der Waals surface area contributed by atoms with Crippen LogP contribution in [0.3, 0.4) is 0 Å². The van der Waals surface area contributed by atoms with Gasteiger partial charge in [-0.15, -0.1) is 0 Å². The largest absolute Gasteiger partial charge is 0.493 e. The molecule has 2 N–H and O–H groups in total. The molecule has 2 aliphatic rings. The molecule has 2 fully saturated rings. The molecule has 3 heterocycles. The molecule has 4 aromatic rings. The number of nitrogens with zero attached hydrogens (tertiary/aromatic N) is 3. The Bertz CT molecular complexity index is 1770. The number of methoxy groups -OCH3 is 3. The lowest BCUT2D eigenvalue weighted by Gasteiger charge is -2.37. The molecule has 12 heteroatoms. The molecule has 6 rings (SSSR count). The summed E-state index contributed by atoms with van der Waals surface area (Å²) < 4.78 is 34.9. The summed E-state index contributed by atoms with van der Waals surface area (Å²) in [6.45, 7) is 9.63. The van der Waals surface area contributed by atoms with Gasteiger partial charge in [-0.2, -0.15) is 4.98 Å². The van der Waals surface area contributed by atoms with Crippen LogP contribution in [0.2, 0.25) is 0 Å². The Balaban J connectivity index is 1.43. The van der Waals surface area contributed by atoms with Gasteiger partial charge in [-0.05, 0) is 113 Å². The summed E-state index contributed by atoms with van der Waals surface area (Å²) in [6.07, 6.45) is 3.70. The Morgan fingerprint density at radius 2 is 1.27 bits per heavy atom. The van der Waals surface area contributed by atoms with Crippen LogP contribution >= 0.6 is 0 Å². The highest BCUT2D eigenvalue weighted by atomic mass is 16.5. The normalized spacial score (nSPS) is 15.4. The third kappa shape index (κ3) is 8.12. The third-order valence-corrected chi connectivity index (χ3v) is 9.73. The minimum atomic E-state index is -0.455. The fourth-order valence-corrected chi connectivity index (χ4v) is 7.21. The van der Waals surface area contributed by atoms with E-state index in [0.29, 0.717) is 72.0 Å². The van der Waals surface area contributed by atoms with Gasteiger partial charge in [0, 0.05) is 25.2 Å². The van der Waals surface area contributed by atoms with E-state index in [1.807, 2.05) is 62.4 Å². The first-order chi connectivity index (χ1) is 25.0. The van der Waals surface area contributed by atoms with Crippen molar-refractivity contribution in [2.75, 3.05) is 70.5 Å². The number of benzene rings is 3. The smallest absolute Gasteiger partial charge is 0.342 e. The SMILES string of the molecule is CCOc1cc(CN(c2nc3c(C(=O)OC)c(N(Cc4ccc(OC)c(OCC)c4)C4CCNCC4)ccc3o2)C2CCNCC2)ccc1OC. The number of rotatable bonds is 15. The minimum Gasteiger partial charge on any atom is -0.493 e. The second kappa shape index (κ2) is 17.0. The maximum absolute atomic E-state index is 13.8. The summed E-state index contributed by atoms with van der Waals surface area (Å²) in [5.74, 6) is 2.30. The summed E-state index contributed by atoms with van der Waals surface area (Å²) in [7, 11) is 4.70. The van der Waals surface area contributed by atoms with Crippen LogP contribution in [0.4, 0.5) is 11.7 Å². The van der Waals surface area contributed by atoms with E-state index < -0.39 is 5.97 Å². The Morgan fingerprint density at radius 3 is 1.78 bits per heavy atom. The molecule has 0 radical (unpaired) electrons. The van der Waals surface area contributed by atoms with E-state index in [-0.39, 0.29) is 12.1 Å². The van der Waals surface area contributed by atoms with Crippen LogP contribution in [-0.4, -0.2) is 83.8 Å². The standard InChI is InChI=1S/C39H51N5O7/c1-6-49-34-22-26(8-11-31(34)46-3)24-43(28-14-18-40-19-15-28)30-10-13-33-37(36(30)38(45)48-5)42-39(51-33)44(29-16-20-41-21-17-29)25-27-9-12-32(47-4)35(23-27)50-7-2/h8-13,22-23,28-29,40-41H,6-7,14-21,24-25H2,1-5H3. The van der Waals surface area contributed by atoms with Gasteiger partial charge >= 0.3 is 5.97 Å². The van der Waals surface area contributed by atoms with Gasteiger partial charge in [0.15, 0.2) is 28.6 Å². The molecule has 2 aliphatic heterocycles. The van der Waals surface area contributed by atoms with E-state index in [4.69, 9.17) is 33.1 Å². The highest BCUT2D eigenvalue weighted by molar-refractivity contribution is 6.07. The van der Waals surface area contributed by atoms with Gasteiger partial charge in [-0.1, -0.05) is 12.1 Å². The van der Waals surface area contributed by atoms with Crippen molar-refractivity contribution in [2.24, 2.45) is 0 Å². The molecule has 1 aromatic heterocycles. The summed E-state index contributed by atoms with van der Waals surface area (Å²) in [6, 6.07) is 16.7. The quantitative estimate of drug-likeness (QED) is 0.143. The molecule has 274 valence electrons. The van der Waals surface area contributed by atoms with Gasteiger partial charge in [-0.25, -0.2) is 4.79 Å². The number of carbonyl (C=O) groups excluding carboxylic acids is 1. The van der Waals surface area contributed by atoms with Crippen LogP contribution in [0.5, 0.6) is 23.0 Å². The summed E-state index contributed by atoms with van der Waals surface area (Å²) in [4.78, 5) is 23.5. The second-order valence-corrected chi connectivity index (χ2v) is 12.8. The molecule has 0 saturated carbocycles. The Hall–Kier alpha value is -4.68. The van der Waals surface area contributed by atoms with Crippen LogP contribution in [0, 0.1) is 0 Å². The predicted molar refractivity (Wildman–Crippen MR) is 198 cm³/mol. The Kier molecular flexibility index (Phi) is 12.1. The zero-order valence-corrected chi connectivity index (χ0v) is 30.5. The zero-order chi connectivity index (χ0) is 35.7. The first-order valence-corrected chi connectivity index (χ1v) is 18.0. The molecule has 3 aromatic carbocycles. The molecular weight excluding hydrogens is 650 g/mol. The molecule has 0 atom stereocenters. The highest BCUT2D eigenvalue weighted by Crippen LogP contribution is 2.38. The van der Waals surface area contributed by atoms with E-state index in [1.165, 1.54) is 7.11 Å². The lowest BCUT2D eigenvalue weighted by Crippen LogP contribution is -2.43. The predicted octanol–water partition coefficient (Wildman–Crippen LogP) is 5.95. The van der Waals surface area contributed by atoms with Crippen LogP contribution in [0.1, 0.15) is 61.0 Å². The molecule has 0 bridgehead atoms. The van der Waals surface area contributed by atoms with Gasteiger partial charge in [0.05, 0.1) is 40.2 Å². The number of hydrogen-bond acceptors (Lipinski definition) is 12. The lowest BCUT2D eigenvalue weighted by molar-refractivity contribution is 0.0603. The van der Waals surface area contributed by atoms with Crippen molar-refractivity contribution < 1.29 is 32.9 Å². The molecule has 51 heavy (non-hydrogen) atoms. The van der Waals surface area contributed by atoms with Crippen LogP contribution < -0.4 is 39.4 Å². The fraction of sp³-hybridized carbons (Fsp3) is 0.487. The maximum Gasteiger partial charge on any atom is 0.342 e. The molecule has 0 spiro atoms. The van der Waals surface area contributed by atoms with Crippen LogP contribution in [0.25, 0.3) is 11.1 Å². The van der Waals surface area contributed by atoms with E-state index in [2.05, 4.69) is 20.4 Å². The van der Waals surface area contributed by atoms with Crippen LogP contribution in [-0.2, 0) is 17.8 Å². The highest BCUT2D eigenvalue weighted by Gasteiger charge is 2.32. The van der Waals surface area contributed by atoms with E-state index >= 15 is 0 Å². The van der Waals surface area contributed by atoms with Crippen molar-refractivity contribution in [1.29, 1.82) is 0 Å². The molecule has 0 aliphatic carbocycles. The minimum absolute atomic E-state index is 0.178. The monoisotopic (exact) mass is 701 g/mol. The summed E-state index contributed by atoms with van der Waals surface area (Å²) in [5.41, 5.74) is 4.26. The van der Waals surface area contributed by atoms with Crippen molar-refractivity contribution in [3.63, 3.8) is 0 Å². The third-order valence-electron chi connectivity index (χ3n) is 9.73. The number of anilines is 2. The average molecular weight is 702 g/mol. The first-order valence-electron chi connectivity index (χ1n) is 18.0. The van der Waals surface area contributed by atoms with Crippen LogP contribution in [0.15, 0.2) is 52.9 Å². The average Bonchev–Trinajstić information content (AvgIpc) is 3.60. The molecule has 12 nitrogen and oxygen atoms in total. The van der Waals surface area contributed by atoms with Crippen molar-refractivity contribution >= 4 is 28.8 Å². The van der Waals surface area contributed by atoms with E-state index in [9.17, 15) is 4.79 Å². The number of oxazole rings is 1. The van der Waals surface area contributed by atoms with E-state index in [0.717, 1.165) is 68.7 Å². The molecular formula is C39H51N5O7. The number of esters is 1. The van der Waals surface area contributed by atoms with Crippen molar-refractivity contribution in [2.45, 2.75) is 64.7 Å². The number of carbonyl (C=O) groups is 1. The molecule has 0 unspecified atom stereocenters. The summed E-state index contributed by atoms with van der Waals surface area (Å²) in [5, 5.41) is 6.95. The lowest BCUT2D eigenvalue weighted by atomic mass is 10.00. The maximum atomic E-state index is 13.8. The molecule has 0 amide bonds. The summed E-state index contributed by atoms with van der Waals surface area (Å²) >= 11 is 0. The zero-order valence-electron chi connectivity index (χ0n) is 30.5. The first kappa shape index (κ1) is 36.1. The molecule has 2 saturated heterocycles. The topological polar surface area (TPSA) is 120 Å². The second-order valence-electron chi connectivity index (χ2n) is 12.8. The number of aromatic nitrogens is 1. The van der Waals surface area contributed by atoms with Gasteiger partial charge in [-0.3, -0.25) is 0 Å². The van der Waals surface area contributed by atoms with Gasteiger partial charge < -0.3 is 48.5 Å². The van der Waals surface area contributed by atoms with Crippen molar-refractivity contribution in [1.82, 2.24) is 15.6 Å². The number of ether oxygens (including phenoxy) is 5. The Morgan fingerprint density at radius 1 is 0.745 bits per heavy atom. The van der Waals surface area contributed by atoms with Gasteiger partial charge in [0.1, 0.15) is 11.1 Å². The number of hydrogen-bond donors (Lipinski definition) is 2. The van der Waals surface area contributed by atoms with Gasteiger partial charge in [0.25, 0.3) is 6.01 Å². The van der Waals surface area contributed by atoms with Gasteiger partial charge in [0.2, 0.25) is 0 Å². The van der Waals surface area contributed by atoms with E-state index in [1.54, 1.807) is 14.2 Å². The fourth-order valence-electron chi connectivity index (χ4n) is 7.21. The number of piperidine rings is 2. The van der Waals surface area contributed by atoms with Crippen molar-refractivity contribution in [3.05, 3.63) is 65.2 Å². The van der Waals surface area contributed by atoms with Crippen molar-refractivity contribution in [3.8, 4) is 23.0 Å².